The highest BCUT2D eigenvalue weighted by Crippen LogP contribution is 2.12. The van der Waals surface area contributed by atoms with Gasteiger partial charge in [-0.15, -0.1) is 0 Å². The molecular formula is C10H15N3O3S. The highest BCUT2D eigenvalue weighted by Gasteiger charge is 2.29. The van der Waals surface area contributed by atoms with Crippen molar-refractivity contribution >= 4 is 15.7 Å². The second-order valence-electron chi connectivity index (χ2n) is 4.16. The molecule has 0 spiro atoms. The van der Waals surface area contributed by atoms with E-state index >= 15 is 0 Å². The zero-order valence-electron chi connectivity index (χ0n) is 9.59. The van der Waals surface area contributed by atoms with Gasteiger partial charge in [0.05, 0.1) is 23.3 Å². The summed E-state index contributed by atoms with van der Waals surface area (Å²) < 4.78 is 24.1. The Hall–Kier alpha value is -1.37. The summed E-state index contributed by atoms with van der Waals surface area (Å²) in [7, 11) is -2.96. The van der Waals surface area contributed by atoms with Gasteiger partial charge in [-0.05, 0) is 13.3 Å². The van der Waals surface area contributed by atoms with Gasteiger partial charge >= 0.3 is 0 Å². The topological polar surface area (TPSA) is 81.1 Å². The molecule has 1 aromatic heterocycles. The van der Waals surface area contributed by atoms with Gasteiger partial charge in [0.15, 0.2) is 9.84 Å². The van der Waals surface area contributed by atoms with Crippen molar-refractivity contribution < 1.29 is 13.2 Å². The summed E-state index contributed by atoms with van der Waals surface area (Å²) in [6.45, 7) is 2.63. The molecule has 1 N–H and O–H groups in total. The molecule has 2 heterocycles. The van der Waals surface area contributed by atoms with Crippen LogP contribution in [0.25, 0.3) is 0 Å². The predicted octanol–water partition coefficient (Wildman–Crippen LogP) is -0.180. The summed E-state index contributed by atoms with van der Waals surface area (Å²) in [5.41, 5.74) is 0.469. The molecule has 0 aliphatic carbocycles. The fraction of sp³-hybridized carbons (Fsp3) is 0.600. The molecule has 2 rings (SSSR count). The number of hydrogen-bond donors (Lipinski definition) is 1. The van der Waals surface area contributed by atoms with Crippen molar-refractivity contribution in [3.05, 3.63) is 18.0 Å². The van der Waals surface area contributed by atoms with E-state index in [2.05, 4.69) is 10.4 Å². The van der Waals surface area contributed by atoms with Gasteiger partial charge in [0.25, 0.3) is 5.91 Å². The molecule has 1 amide bonds. The third-order valence-electron chi connectivity index (χ3n) is 2.79. The van der Waals surface area contributed by atoms with Crippen LogP contribution in [0.4, 0.5) is 0 Å². The Labute approximate surface area is 99.9 Å². The molecule has 0 aromatic carbocycles. The molecule has 7 heteroatoms. The number of sulfone groups is 1. The first-order chi connectivity index (χ1) is 8.00. The van der Waals surface area contributed by atoms with E-state index in [4.69, 9.17) is 0 Å². The number of amides is 1. The molecule has 1 unspecified atom stereocenters. The number of aromatic nitrogens is 2. The molecule has 1 aromatic rings. The van der Waals surface area contributed by atoms with Crippen molar-refractivity contribution in [1.82, 2.24) is 15.1 Å². The van der Waals surface area contributed by atoms with Gasteiger partial charge in [-0.2, -0.15) is 5.10 Å². The summed E-state index contributed by atoms with van der Waals surface area (Å²) in [5, 5.41) is 6.71. The van der Waals surface area contributed by atoms with Gasteiger partial charge in [-0.25, -0.2) is 8.42 Å². The molecule has 0 bridgehead atoms. The van der Waals surface area contributed by atoms with E-state index < -0.39 is 9.84 Å². The van der Waals surface area contributed by atoms with E-state index in [-0.39, 0.29) is 23.5 Å². The molecule has 1 aliphatic heterocycles. The second-order valence-corrected chi connectivity index (χ2v) is 6.39. The SMILES string of the molecule is CCn1cc(C(=O)NC2CCS(=O)(=O)C2)cn1. The lowest BCUT2D eigenvalue weighted by Crippen LogP contribution is -2.35. The standard InChI is InChI=1S/C10H15N3O3S/c1-2-13-6-8(5-11-13)10(14)12-9-3-4-17(15,16)7-9/h5-6,9H,2-4,7H2,1H3,(H,12,14). The number of rotatable bonds is 3. The van der Waals surface area contributed by atoms with Gasteiger partial charge in [0.1, 0.15) is 0 Å². The Morgan fingerprint density at radius 1 is 1.65 bits per heavy atom. The van der Waals surface area contributed by atoms with Crippen LogP contribution in [-0.4, -0.2) is 41.7 Å². The van der Waals surface area contributed by atoms with Gasteiger partial charge in [0, 0.05) is 18.8 Å². The minimum absolute atomic E-state index is 0.0423. The van der Waals surface area contributed by atoms with E-state index in [1.807, 2.05) is 6.92 Å². The smallest absolute Gasteiger partial charge is 0.254 e. The first kappa shape index (κ1) is 12.1. The average Bonchev–Trinajstić information content (AvgIpc) is 2.85. The third-order valence-corrected chi connectivity index (χ3v) is 4.56. The van der Waals surface area contributed by atoms with Gasteiger partial charge < -0.3 is 5.32 Å². The first-order valence-corrected chi connectivity index (χ1v) is 7.36. The number of hydrogen-bond acceptors (Lipinski definition) is 4. The number of carbonyl (C=O) groups is 1. The van der Waals surface area contributed by atoms with Crippen molar-refractivity contribution in [2.24, 2.45) is 0 Å². The van der Waals surface area contributed by atoms with E-state index in [1.165, 1.54) is 6.20 Å². The van der Waals surface area contributed by atoms with E-state index in [1.54, 1.807) is 10.9 Å². The quantitative estimate of drug-likeness (QED) is 0.814. The maximum atomic E-state index is 11.8. The molecule has 6 nitrogen and oxygen atoms in total. The van der Waals surface area contributed by atoms with E-state index in [0.717, 1.165) is 0 Å². The Morgan fingerprint density at radius 2 is 2.41 bits per heavy atom. The van der Waals surface area contributed by atoms with Crippen molar-refractivity contribution in [3.63, 3.8) is 0 Å². The number of aryl methyl sites for hydroxylation is 1. The lowest BCUT2D eigenvalue weighted by Gasteiger charge is -2.08. The van der Waals surface area contributed by atoms with Crippen LogP contribution >= 0.6 is 0 Å². The van der Waals surface area contributed by atoms with Gasteiger partial charge in [-0.3, -0.25) is 9.48 Å². The molecule has 1 atom stereocenters. The van der Waals surface area contributed by atoms with Crippen LogP contribution in [-0.2, 0) is 16.4 Å². The predicted molar refractivity (Wildman–Crippen MR) is 62.4 cm³/mol. The average molecular weight is 257 g/mol. The highest BCUT2D eigenvalue weighted by atomic mass is 32.2. The van der Waals surface area contributed by atoms with Crippen LogP contribution in [0.3, 0.4) is 0 Å². The molecule has 1 fully saturated rings. The van der Waals surface area contributed by atoms with Crippen molar-refractivity contribution in [2.75, 3.05) is 11.5 Å². The Balaban J connectivity index is 1.98. The fourth-order valence-corrected chi connectivity index (χ4v) is 3.50. The maximum Gasteiger partial charge on any atom is 0.254 e. The molecule has 0 saturated carbocycles. The molecule has 1 aliphatic rings. The van der Waals surface area contributed by atoms with E-state index in [9.17, 15) is 13.2 Å². The van der Waals surface area contributed by atoms with Crippen molar-refractivity contribution in [2.45, 2.75) is 25.9 Å². The summed E-state index contributed by atoms with van der Waals surface area (Å²) in [4.78, 5) is 11.8. The molecule has 94 valence electrons. The van der Waals surface area contributed by atoms with Crippen LogP contribution in [0.5, 0.6) is 0 Å². The molecular weight excluding hydrogens is 242 g/mol. The van der Waals surface area contributed by atoms with E-state index in [0.29, 0.717) is 18.5 Å². The normalized spacial score (nSPS) is 22.5. The summed E-state index contributed by atoms with van der Waals surface area (Å²) >= 11 is 0. The fourth-order valence-electron chi connectivity index (χ4n) is 1.83. The Kier molecular flexibility index (Phi) is 3.19. The van der Waals surface area contributed by atoms with Crippen LogP contribution in [0.2, 0.25) is 0 Å². The summed E-state index contributed by atoms with van der Waals surface area (Å²) in [6.07, 6.45) is 3.64. The van der Waals surface area contributed by atoms with Gasteiger partial charge in [0.2, 0.25) is 0 Å². The minimum atomic E-state index is -2.96. The summed E-state index contributed by atoms with van der Waals surface area (Å²) in [6, 6.07) is -0.266. The monoisotopic (exact) mass is 257 g/mol. The van der Waals surface area contributed by atoms with Gasteiger partial charge in [-0.1, -0.05) is 0 Å². The molecule has 17 heavy (non-hydrogen) atoms. The van der Waals surface area contributed by atoms with Crippen molar-refractivity contribution in [3.8, 4) is 0 Å². The third kappa shape index (κ3) is 2.85. The van der Waals surface area contributed by atoms with Crippen LogP contribution in [0.15, 0.2) is 12.4 Å². The zero-order chi connectivity index (χ0) is 12.5. The lowest BCUT2D eigenvalue weighted by atomic mass is 10.2. The van der Waals surface area contributed by atoms with Crippen LogP contribution in [0.1, 0.15) is 23.7 Å². The largest absolute Gasteiger partial charge is 0.348 e. The van der Waals surface area contributed by atoms with Crippen molar-refractivity contribution in [1.29, 1.82) is 0 Å². The highest BCUT2D eigenvalue weighted by molar-refractivity contribution is 7.91. The first-order valence-electron chi connectivity index (χ1n) is 5.54. The number of nitrogens with one attached hydrogen (secondary N) is 1. The second kappa shape index (κ2) is 4.48. The Morgan fingerprint density at radius 3 is 2.94 bits per heavy atom. The lowest BCUT2D eigenvalue weighted by molar-refractivity contribution is 0.0941. The molecule has 1 saturated heterocycles. The van der Waals surface area contributed by atoms with Crippen LogP contribution in [0, 0.1) is 0 Å². The maximum absolute atomic E-state index is 11.8. The Bertz CT molecular complexity index is 521. The van der Waals surface area contributed by atoms with Crippen LogP contribution < -0.4 is 5.32 Å². The number of nitrogens with zero attached hydrogens (tertiary/aromatic N) is 2. The number of carbonyl (C=O) groups excluding carboxylic acids is 1. The molecule has 0 radical (unpaired) electrons. The minimum Gasteiger partial charge on any atom is -0.348 e. The summed E-state index contributed by atoms with van der Waals surface area (Å²) in [5.74, 6) is -0.0564. The zero-order valence-corrected chi connectivity index (χ0v) is 10.4.